The van der Waals surface area contributed by atoms with Crippen molar-refractivity contribution in [2.75, 3.05) is 0 Å². The Morgan fingerprint density at radius 2 is 1.82 bits per heavy atom. The molecular formula is C14H8F3N3O2. The normalized spacial score (nSPS) is 11.8. The number of carboxylic acids is 1. The van der Waals surface area contributed by atoms with Crippen molar-refractivity contribution >= 4 is 11.6 Å². The molecule has 0 spiro atoms. The number of hydrogen-bond acceptors (Lipinski definition) is 3. The highest BCUT2D eigenvalue weighted by atomic mass is 19.4. The molecule has 0 aliphatic heterocycles. The second kappa shape index (κ2) is 4.83. The van der Waals surface area contributed by atoms with Gasteiger partial charge in [-0.2, -0.15) is 13.2 Å². The lowest BCUT2D eigenvalue weighted by atomic mass is 10.1. The zero-order valence-corrected chi connectivity index (χ0v) is 10.9. The van der Waals surface area contributed by atoms with Gasteiger partial charge in [0.15, 0.2) is 11.5 Å². The topological polar surface area (TPSA) is 67.5 Å². The van der Waals surface area contributed by atoms with Gasteiger partial charge in [0.05, 0.1) is 11.1 Å². The molecule has 3 aromatic rings. The summed E-state index contributed by atoms with van der Waals surface area (Å²) in [6, 6.07) is 7.64. The van der Waals surface area contributed by atoms with Gasteiger partial charge < -0.3 is 5.11 Å². The van der Waals surface area contributed by atoms with E-state index in [1.807, 2.05) is 0 Å². The molecule has 0 bridgehead atoms. The number of carboxylic acid groups (broad SMARTS) is 1. The highest BCUT2D eigenvalue weighted by molar-refractivity contribution is 5.87. The molecule has 2 heterocycles. The second-order valence-electron chi connectivity index (χ2n) is 4.52. The second-order valence-corrected chi connectivity index (χ2v) is 4.52. The highest BCUT2D eigenvalue weighted by Crippen LogP contribution is 2.36. The molecule has 0 saturated heterocycles. The minimum absolute atomic E-state index is 0.0639. The van der Waals surface area contributed by atoms with Crippen molar-refractivity contribution in [2.24, 2.45) is 0 Å². The van der Waals surface area contributed by atoms with Crippen LogP contribution in [0.2, 0.25) is 0 Å². The van der Waals surface area contributed by atoms with E-state index >= 15 is 0 Å². The van der Waals surface area contributed by atoms with Gasteiger partial charge in [-0.15, -0.1) is 10.2 Å². The molecule has 0 saturated carbocycles. The first-order valence-corrected chi connectivity index (χ1v) is 6.12. The lowest BCUT2D eigenvalue weighted by molar-refractivity contribution is -0.137. The first-order chi connectivity index (χ1) is 10.4. The summed E-state index contributed by atoms with van der Waals surface area (Å²) < 4.78 is 40.5. The largest absolute Gasteiger partial charge is 0.478 e. The van der Waals surface area contributed by atoms with E-state index in [2.05, 4.69) is 10.2 Å². The minimum Gasteiger partial charge on any atom is -0.478 e. The van der Waals surface area contributed by atoms with Gasteiger partial charge in [-0.25, -0.2) is 4.79 Å². The van der Waals surface area contributed by atoms with Gasteiger partial charge >= 0.3 is 12.1 Å². The van der Waals surface area contributed by atoms with Crippen molar-refractivity contribution in [1.82, 2.24) is 14.6 Å². The third-order valence-electron chi connectivity index (χ3n) is 3.12. The molecule has 0 radical (unpaired) electrons. The zero-order chi connectivity index (χ0) is 15.9. The van der Waals surface area contributed by atoms with Crippen LogP contribution in [0, 0.1) is 0 Å². The highest BCUT2D eigenvalue weighted by Gasteiger charge is 2.34. The van der Waals surface area contributed by atoms with E-state index in [0.29, 0.717) is 0 Å². The standard InChI is InChI=1S/C14H8F3N3O2/c15-14(16,17)10-4-2-1-3-9(10)12-19-18-11-6-5-8(13(21)22)7-20(11)12/h1-7H,(H,21,22). The molecule has 0 unspecified atom stereocenters. The van der Waals surface area contributed by atoms with Crippen LogP contribution in [0.1, 0.15) is 15.9 Å². The molecule has 2 aromatic heterocycles. The van der Waals surface area contributed by atoms with Crippen LogP contribution in [-0.4, -0.2) is 25.7 Å². The predicted octanol–water partition coefficient (Wildman–Crippen LogP) is 3.11. The lowest BCUT2D eigenvalue weighted by Gasteiger charge is -2.11. The number of rotatable bonds is 2. The third-order valence-corrected chi connectivity index (χ3v) is 3.12. The van der Waals surface area contributed by atoms with E-state index < -0.39 is 17.7 Å². The van der Waals surface area contributed by atoms with Crippen molar-refractivity contribution in [3.63, 3.8) is 0 Å². The summed E-state index contributed by atoms with van der Waals surface area (Å²) in [6.07, 6.45) is -3.35. The molecule has 5 nitrogen and oxygen atoms in total. The van der Waals surface area contributed by atoms with Gasteiger partial charge in [0.1, 0.15) is 0 Å². The minimum atomic E-state index is -4.55. The third kappa shape index (κ3) is 2.28. The van der Waals surface area contributed by atoms with Gasteiger partial charge in [-0.3, -0.25) is 4.40 Å². The van der Waals surface area contributed by atoms with Crippen LogP contribution in [0.5, 0.6) is 0 Å². The number of nitrogens with zero attached hydrogens (tertiary/aromatic N) is 3. The van der Waals surface area contributed by atoms with Crippen LogP contribution in [0.25, 0.3) is 17.0 Å². The average Bonchev–Trinajstić information content (AvgIpc) is 2.89. The Kier molecular flexibility index (Phi) is 3.09. The van der Waals surface area contributed by atoms with Crippen LogP contribution in [0.4, 0.5) is 13.2 Å². The first kappa shape index (κ1) is 14.1. The number of fused-ring (bicyclic) bond motifs is 1. The quantitative estimate of drug-likeness (QED) is 0.790. The Labute approximate surface area is 121 Å². The number of aromatic carboxylic acids is 1. The van der Waals surface area contributed by atoms with Crippen LogP contribution in [0.15, 0.2) is 42.6 Å². The van der Waals surface area contributed by atoms with Crippen LogP contribution >= 0.6 is 0 Å². The molecule has 112 valence electrons. The summed E-state index contributed by atoms with van der Waals surface area (Å²) >= 11 is 0. The SMILES string of the molecule is O=C(O)c1ccc2nnc(-c3ccccc3C(F)(F)F)n2c1. The Morgan fingerprint density at radius 3 is 2.50 bits per heavy atom. The van der Waals surface area contributed by atoms with Crippen molar-refractivity contribution in [1.29, 1.82) is 0 Å². The van der Waals surface area contributed by atoms with E-state index in [4.69, 9.17) is 5.11 Å². The van der Waals surface area contributed by atoms with Crippen molar-refractivity contribution < 1.29 is 23.1 Å². The Bertz CT molecular complexity index is 871. The number of halogens is 3. The molecule has 1 aromatic carbocycles. The summed E-state index contributed by atoms with van der Waals surface area (Å²) in [5, 5.41) is 16.5. The van der Waals surface area contributed by atoms with Crippen molar-refractivity contribution in [3.8, 4) is 11.4 Å². The van der Waals surface area contributed by atoms with Gasteiger partial charge in [0.2, 0.25) is 0 Å². The van der Waals surface area contributed by atoms with E-state index in [1.54, 1.807) is 0 Å². The lowest BCUT2D eigenvalue weighted by Crippen LogP contribution is -2.08. The molecule has 0 amide bonds. The number of alkyl halides is 3. The maximum absolute atomic E-state index is 13.1. The summed E-state index contributed by atoms with van der Waals surface area (Å²) in [7, 11) is 0. The summed E-state index contributed by atoms with van der Waals surface area (Å²) in [5.74, 6) is -1.25. The Morgan fingerprint density at radius 1 is 1.09 bits per heavy atom. The smallest absolute Gasteiger partial charge is 0.417 e. The monoisotopic (exact) mass is 307 g/mol. The number of benzene rings is 1. The van der Waals surface area contributed by atoms with E-state index in [0.717, 1.165) is 6.07 Å². The Hall–Kier alpha value is -2.90. The molecule has 8 heteroatoms. The average molecular weight is 307 g/mol. The van der Waals surface area contributed by atoms with Crippen LogP contribution < -0.4 is 0 Å². The molecular weight excluding hydrogens is 299 g/mol. The van der Waals surface area contributed by atoms with Gasteiger partial charge in [0.25, 0.3) is 0 Å². The van der Waals surface area contributed by atoms with Crippen molar-refractivity contribution in [3.05, 3.63) is 53.7 Å². The number of hydrogen-bond donors (Lipinski definition) is 1. The zero-order valence-electron chi connectivity index (χ0n) is 10.9. The number of carbonyl (C=O) groups is 1. The molecule has 22 heavy (non-hydrogen) atoms. The summed E-state index contributed by atoms with van der Waals surface area (Å²) in [5.41, 5.74) is -0.829. The van der Waals surface area contributed by atoms with E-state index in [9.17, 15) is 18.0 Å². The number of pyridine rings is 1. The molecule has 3 rings (SSSR count). The fourth-order valence-electron chi connectivity index (χ4n) is 2.13. The van der Waals surface area contributed by atoms with E-state index in [1.165, 1.54) is 40.9 Å². The van der Waals surface area contributed by atoms with Gasteiger partial charge in [0, 0.05) is 11.8 Å². The Balaban J connectivity index is 2.27. The van der Waals surface area contributed by atoms with E-state index in [-0.39, 0.29) is 22.6 Å². The van der Waals surface area contributed by atoms with Crippen molar-refractivity contribution in [2.45, 2.75) is 6.18 Å². The first-order valence-electron chi connectivity index (χ1n) is 6.12. The molecule has 0 aliphatic carbocycles. The van der Waals surface area contributed by atoms with Crippen LogP contribution in [-0.2, 0) is 6.18 Å². The molecule has 0 atom stereocenters. The molecule has 0 fully saturated rings. The van der Waals surface area contributed by atoms with Crippen LogP contribution in [0.3, 0.4) is 0 Å². The predicted molar refractivity (Wildman–Crippen MR) is 70.4 cm³/mol. The molecule has 1 N–H and O–H groups in total. The molecule has 0 aliphatic rings. The maximum atomic E-state index is 13.1. The fourth-order valence-corrected chi connectivity index (χ4v) is 2.13. The van der Waals surface area contributed by atoms with Gasteiger partial charge in [-0.1, -0.05) is 18.2 Å². The van der Waals surface area contributed by atoms with Gasteiger partial charge in [-0.05, 0) is 18.2 Å². The maximum Gasteiger partial charge on any atom is 0.417 e. The summed E-state index contributed by atoms with van der Waals surface area (Å²) in [6.45, 7) is 0. The fraction of sp³-hybridized carbons (Fsp3) is 0.0714. The number of aromatic nitrogens is 3. The summed E-state index contributed by atoms with van der Waals surface area (Å²) in [4.78, 5) is 11.0.